The molecule has 2 rings (SSSR count). The lowest BCUT2D eigenvalue weighted by molar-refractivity contribution is -0.497. The van der Waals surface area contributed by atoms with E-state index < -0.39 is 12.0 Å². The lowest BCUT2D eigenvalue weighted by atomic mass is 10.3. The van der Waals surface area contributed by atoms with Crippen LogP contribution in [0.2, 0.25) is 0 Å². The molecule has 0 aliphatic heterocycles. The minimum absolute atomic E-state index is 0.150. The highest BCUT2D eigenvalue weighted by Crippen LogP contribution is 2.34. The summed E-state index contributed by atoms with van der Waals surface area (Å²) in [6.45, 7) is 2.46. The van der Waals surface area contributed by atoms with Crippen molar-refractivity contribution in [2.75, 3.05) is 7.05 Å². The van der Waals surface area contributed by atoms with Gasteiger partial charge in [-0.3, -0.25) is 14.9 Å². The summed E-state index contributed by atoms with van der Waals surface area (Å²) in [5.41, 5.74) is 0.853. The zero-order valence-electron chi connectivity index (χ0n) is 10.3. The van der Waals surface area contributed by atoms with Gasteiger partial charge in [-0.15, -0.1) is 11.3 Å². The molecule has 98 valence electrons. The fraction of sp³-hybridized carbons (Fsp3) is 0.636. The van der Waals surface area contributed by atoms with Gasteiger partial charge in [-0.25, -0.2) is 4.98 Å². The van der Waals surface area contributed by atoms with Gasteiger partial charge in [0.25, 0.3) is 0 Å². The highest BCUT2D eigenvalue weighted by molar-refractivity contribution is 7.09. The van der Waals surface area contributed by atoms with E-state index in [0.29, 0.717) is 13.0 Å². The van der Waals surface area contributed by atoms with Crippen LogP contribution in [0.4, 0.5) is 0 Å². The van der Waals surface area contributed by atoms with E-state index in [9.17, 15) is 14.9 Å². The molecule has 0 radical (unpaired) electrons. The van der Waals surface area contributed by atoms with Gasteiger partial charge in [-0.05, 0) is 6.42 Å². The van der Waals surface area contributed by atoms with Crippen LogP contribution in [-0.2, 0) is 17.8 Å². The van der Waals surface area contributed by atoms with Gasteiger partial charge in [0.05, 0.1) is 17.2 Å². The highest BCUT2D eigenvalue weighted by atomic mass is 32.1. The molecule has 1 saturated carbocycles. The zero-order chi connectivity index (χ0) is 13.3. The largest absolute Gasteiger partial charge is 0.339 e. The Bertz CT molecular complexity index is 474. The predicted molar refractivity (Wildman–Crippen MR) is 66.9 cm³/mol. The Morgan fingerprint density at radius 3 is 2.94 bits per heavy atom. The molecule has 2 atom stereocenters. The molecule has 0 saturated heterocycles. The molecule has 0 aromatic carbocycles. The van der Waals surface area contributed by atoms with Crippen LogP contribution in [0.5, 0.6) is 0 Å². The highest BCUT2D eigenvalue weighted by Gasteiger charge is 2.54. The standard InChI is InChI=1S/C11H15N3O3S/c1-3-10-12-7(6-18-10)5-13(2)11(15)8-4-9(8)14(16)17/h6,8-9H,3-5H2,1-2H3. The second-order valence-electron chi connectivity index (χ2n) is 4.48. The molecule has 1 amide bonds. The summed E-state index contributed by atoms with van der Waals surface area (Å²) in [5.74, 6) is -0.586. The van der Waals surface area contributed by atoms with Gasteiger partial charge in [0.15, 0.2) is 0 Å². The molecular formula is C11H15N3O3S. The van der Waals surface area contributed by atoms with Crippen LogP contribution in [0.25, 0.3) is 0 Å². The Kier molecular flexibility index (Phi) is 3.60. The molecule has 1 aromatic rings. The summed E-state index contributed by atoms with van der Waals surface area (Å²) in [6, 6.07) is -0.679. The Hall–Kier alpha value is -1.50. The number of rotatable bonds is 5. The van der Waals surface area contributed by atoms with Crippen molar-refractivity contribution in [3.63, 3.8) is 0 Å². The van der Waals surface area contributed by atoms with Crippen molar-refractivity contribution in [3.05, 3.63) is 26.2 Å². The van der Waals surface area contributed by atoms with Crippen LogP contribution in [0.15, 0.2) is 5.38 Å². The quantitative estimate of drug-likeness (QED) is 0.597. The third kappa shape index (κ3) is 2.66. The van der Waals surface area contributed by atoms with Gasteiger partial charge in [-0.1, -0.05) is 6.92 Å². The number of thiazole rings is 1. The first-order valence-electron chi connectivity index (χ1n) is 5.84. The van der Waals surface area contributed by atoms with Gasteiger partial charge in [0.1, 0.15) is 5.92 Å². The summed E-state index contributed by atoms with van der Waals surface area (Å²) >= 11 is 1.58. The van der Waals surface area contributed by atoms with Crippen LogP contribution >= 0.6 is 11.3 Å². The summed E-state index contributed by atoms with van der Waals surface area (Å²) < 4.78 is 0. The molecule has 1 aromatic heterocycles. The Labute approximate surface area is 109 Å². The molecule has 7 heteroatoms. The van der Waals surface area contributed by atoms with E-state index in [2.05, 4.69) is 4.98 Å². The number of aryl methyl sites for hydroxylation is 1. The topological polar surface area (TPSA) is 76.3 Å². The van der Waals surface area contributed by atoms with Crippen molar-refractivity contribution in [2.45, 2.75) is 32.4 Å². The zero-order valence-corrected chi connectivity index (χ0v) is 11.1. The van der Waals surface area contributed by atoms with Gasteiger partial charge < -0.3 is 4.90 Å². The smallest absolute Gasteiger partial charge is 0.233 e. The summed E-state index contributed by atoms with van der Waals surface area (Å²) in [4.78, 5) is 28.0. The van der Waals surface area contributed by atoms with E-state index in [1.54, 1.807) is 18.4 Å². The number of nitro groups is 1. The van der Waals surface area contributed by atoms with Crippen LogP contribution in [0.1, 0.15) is 24.0 Å². The Morgan fingerprint density at radius 2 is 2.44 bits per heavy atom. The maximum Gasteiger partial charge on any atom is 0.233 e. The number of amides is 1. The SMILES string of the molecule is CCc1nc(CN(C)C(=O)C2CC2[N+](=O)[O-])cs1. The van der Waals surface area contributed by atoms with Gasteiger partial charge in [-0.2, -0.15) is 0 Å². The molecule has 2 unspecified atom stereocenters. The first-order chi connectivity index (χ1) is 8.52. The Balaban J connectivity index is 1.90. The van der Waals surface area contributed by atoms with E-state index >= 15 is 0 Å². The maximum atomic E-state index is 11.9. The number of carbonyl (C=O) groups excluding carboxylic acids is 1. The molecule has 1 aliphatic rings. The molecule has 0 spiro atoms. The van der Waals surface area contributed by atoms with Crippen molar-refractivity contribution in [3.8, 4) is 0 Å². The average Bonchev–Trinajstić information content (AvgIpc) is 3.02. The van der Waals surface area contributed by atoms with Crippen molar-refractivity contribution in [1.29, 1.82) is 0 Å². The third-order valence-electron chi connectivity index (χ3n) is 3.02. The summed E-state index contributed by atoms with van der Waals surface area (Å²) in [5, 5.41) is 13.5. The minimum Gasteiger partial charge on any atom is -0.339 e. The molecule has 18 heavy (non-hydrogen) atoms. The number of hydrogen-bond donors (Lipinski definition) is 0. The van der Waals surface area contributed by atoms with Crippen LogP contribution < -0.4 is 0 Å². The number of nitrogens with zero attached hydrogens (tertiary/aromatic N) is 3. The fourth-order valence-corrected chi connectivity index (χ4v) is 2.60. The lowest BCUT2D eigenvalue weighted by Gasteiger charge is -2.14. The number of aromatic nitrogens is 1. The second-order valence-corrected chi connectivity index (χ2v) is 5.42. The number of carbonyl (C=O) groups is 1. The van der Waals surface area contributed by atoms with Crippen LogP contribution in [0.3, 0.4) is 0 Å². The van der Waals surface area contributed by atoms with E-state index in [0.717, 1.165) is 17.1 Å². The predicted octanol–water partition coefficient (Wildman–Crippen LogP) is 1.33. The molecule has 0 N–H and O–H groups in total. The first-order valence-corrected chi connectivity index (χ1v) is 6.72. The van der Waals surface area contributed by atoms with E-state index in [1.807, 2.05) is 12.3 Å². The minimum atomic E-state index is -0.679. The molecule has 1 aliphatic carbocycles. The average molecular weight is 269 g/mol. The van der Waals surface area contributed by atoms with Crippen molar-refractivity contribution >= 4 is 17.2 Å². The molecule has 0 bridgehead atoms. The summed E-state index contributed by atoms with van der Waals surface area (Å²) in [6.07, 6.45) is 1.25. The fourth-order valence-electron chi connectivity index (χ4n) is 1.87. The van der Waals surface area contributed by atoms with Crippen molar-refractivity contribution in [1.82, 2.24) is 9.88 Å². The van der Waals surface area contributed by atoms with Gasteiger partial charge in [0.2, 0.25) is 11.9 Å². The molecular weight excluding hydrogens is 254 g/mol. The summed E-state index contributed by atoms with van der Waals surface area (Å²) in [7, 11) is 1.67. The molecule has 1 heterocycles. The van der Waals surface area contributed by atoms with Crippen molar-refractivity contribution < 1.29 is 9.72 Å². The Morgan fingerprint density at radius 1 is 1.72 bits per heavy atom. The van der Waals surface area contributed by atoms with Crippen LogP contribution in [-0.4, -0.2) is 33.8 Å². The normalized spacial score (nSPS) is 21.7. The monoisotopic (exact) mass is 269 g/mol. The van der Waals surface area contributed by atoms with Gasteiger partial charge >= 0.3 is 0 Å². The molecule has 6 nitrogen and oxygen atoms in total. The maximum absolute atomic E-state index is 11.9. The number of hydrogen-bond acceptors (Lipinski definition) is 5. The third-order valence-corrected chi connectivity index (χ3v) is 4.06. The van der Waals surface area contributed by atoms with Crippen LogP contribution in [0, 0.1) is 16.0 Å². The van der Waals surface area contributed by atoms with Gasteiger partial charge in [0, 0.05) is 23.8 Å². The van der Waals surface area contributed by atoms with E-state index in [4.69, 9.17) is 0 Å². The van der Waals surface area contributed by atoms with E-state index in [-0.39, 0.29) is 10.8 Å². The molecule has 1 fully saturated rings. The van der Waals surface area contributed by atoms with Crippen molar-refractivity contribution in [2.24, 2.45) is 5.92 Å². The lowest BCUT2D eigenvalue weighted by Crippen LogP contribution is -2.29. The van der Waals surface area contributed by atoms with E-state index in [1.165, 1.54) is 4.90 Å². The second kappa shape index (κ2) is 5.01. The first kappa shape index (κ1) is 12.9.